The second-order valence-corrected chi connectivity index (χ2v) is 8.72. The SMILES string of the molecule is COc1ccc(-c2csc(NC(=O)CN3CCC(NC(=O)C(C)C)CC3)n2)c(OC)c1. The number of benzene rings is 1. The summed E-state index contributed by atoms with van der Waals surface area (Å²) in [6.07, 6.45) is 1.70. The van der Waals surface area contributed by atoms with E-state index in [4.69, 9.17) is 9.47 Å². The average Bonchev–Trinajstić information content (AvgIpc) is 3.22. The van der Waals surface area contributed by atoms with Crippen LogP contribution in [0.1, 0.15) is 26.7 Å². The lowest BCUT2D eigenvalue weighted by Gasteiger charge is -2.32. The van der Waals surface area contributed by atoms with E-state index in [2.05, 4.69) is 20.5 Å². The Morgan fingerprint density at radius 3 is 2.61 bits per heavy atom. The zero-order valence-corrected chi connectivity index (χ0v) is 19.3. The molecule has 0 aliphatic carbocycles. The largest absolute Gasteiger partial charge is 0.497 e. The van der Waals surface area contributed by atoms with E-state index in [1.54, 1.807) is 20.3 Å². The standard InChI is InChI=1S/C22H30N4O4S/c1-14(2)21(28)23-15-7-9-26(10-8-15)12-20(27)25-22-24-18(13-31-22)17-6-5-16(29-3)11-19(17)30-4/h5-6,11,13-15H,7-10,12H2,1-4H3,(H,23,28)(H,24,25,27). The maximum atomic E-state index is 12.5. The van der Waals surface area contributed by atoms with Crippen LogP contribution in [0.25, 0.3) is 11.3 Å². The third kappa shape index (κ3) is 6.18. The van der Waals surface area contributed by atoms with E-state index in [0.717, 1.165) is 37.2 Å². The Hall–Kier alpha value is -2.65. The molecule has 168 valence electrons. The first-order valence-corrected chi connectivity index (χ1v) is 11.3. The van der Waals surface area contributed by atoms with Gasteiger partial charge in [0.15, 0.2) is 5.13 Å². The number of carbonyl (C=O) groups is 2. The number of amides is 2. The third-order valence-corrected chi connectivity index (χ3v) is 6.02. The van der Waals surface area contributed by atoms with Gasteiger partial charge in [0.2, 0.25) is 11.8 Å². The summed E-state index contributed by atoms with van der Waals surface area (Å²) in [6, 6.07) is 5.73. The summed E-state index contributed by atoms with van der Waals surface area (Å²) in [7, 11) is 3.21. The molecule has 0 atom stereocenters. The molecule has 0 unspecified atom stereocenters. The molecule has 1 saturated heterocycles. The highest BCUT2D eigenvalue weighted by Gasteiger charge is 2.23. The van der Waals surface area contributed by atoms with Crippen LogP contribution in [0.3, 0.4) is 0 Å². The number of nitrogens with zero attached hydrogens (tertiary/aromatic N) is 2. The first kappa shape index (κ1) is 23.0. The Kier molecular flexibility index (Phi) is 7.86. The molecular formula is C22H30N4O4S. The Bertz CT molecular complexity index is 907. The molecule has 1 aliphatic heterocycles. The predicted molar refractivity (Wildman–Crippen MR) is 122 cm³/mol. The van der Waals surface area contributed by atoms with Gasteiger partial charge in [-0.05, 0) is 25.0 Å². The number of likely N-dealkylation sites (tertiary alicyclic amines) is 1. The first-order valence-electron chi connectivity index (χ1n) is 10.4. The second kappa shape index (κ2) is 10.6. The van der Waals surface area contributed by atoms with Crippen LogP contribution in [0.15, 0.2) is 23.6 Å². The fourth-order valence-electron chi connectivity index (χ4n) is 3.43. The average molecular weight is 447 g/mol. The summed E-state index contributed by atoms with van der Waals surface area (Å²) < 4.78 is 10.7. The van der Waals surface area contributed by atoms with Crippen molar-refractivity contribution in [1.29, 1.82) is 0 Å². The highest BCUT2D eigenvalue weighted by molar-refractivity contribution is 7.14. The van der Waals surface area contributed by atoms with Crippen molar-refractivity contribution in [3.8, 4) is 22.8 Å². The summed E-state index contributed by atoms with van der Waals surface area (Å²) >= 11 is 1.38. The smallest absolute Gasteiger partial charge is 0.240 e. The quantitative estimate of drug-likeness (QED) is 0.648. The number of piperidine rings is 1. The van der Waals surface area contributed by atoms with Crippen LogP contribution in [-0.4, -0.2) is 61.6 Å². The van der Waals surface area contributed by atoms with Crippen molar-refractivity contribution < 1.29 is 19.1 Å². The third-order valence-electron chi connectivity index (χ3n) is 5.26. The van der Waals surface area contributed by atoms with Gasteiger partial charge in [0.05, 0.1) is 26.5 Å². The van der Waals surface area contributed by atoms with Gasteiger partial charge in [-0.25, -0.2) is 4.98 Å². The summed E-state index contributed by atoms with van der Waals surface area (Å²) in [4.78, 5) is 31.0. The maximum absolute atomic E-state index is 12.5. The van der Waals surface area contributed by atoms with E-state index in [1.165, 1.54) is 11.3 Å². The van der Waals surface area contributed by atoms with Gasteiger partial charge in [-0.15, -0.1) is 11.3 Å². The number of rotatable bonds is 8. The minimum absolute atomic E-state index is 0.00937. The van der Waals surface area contributed by atoms with E-state index >= 15 is 0 Å². The van der Waals surface area contributed by atoms with Crippen LogP contribution < -0.4 is 20.1 Å². The molecule has 2 amide bonds. The summed E-state index contributed by atoms with van der Waals surface area (Å²) in [5.41, 5.74) is 1.58. The fourth-order valence-corrected chi connectivity index (χ4v) is 4.16. The van der Waals surface area contributed by atoms with Crippen LogP contribution in [0, 0.1) is 5.92 Å². The molecule has 2 heterocycles. The Labute approximate surface area is 186 Å². The molecule has 0 bridgehead atoms. The Balaban J connectivity index is 1.51. The molecule has 3 rings (SSSR count). The van der Waals surface area contributed by atoms with Crippen LogP contribution >= 0.6 is 11.3 Å². The summed E-state index contributed by atoms with van der Waals surface area (Å²) in [5, 5.41) is 8.41. The van der Waals surface area contributed by atoms with Crippen molar-refractivity contribution in [2.45, 2.75) is 32.7 Å². The minimum Gasteiger partial charge on any atom is -0.497 e. The molecule has 2 N–H and O–H groups in total. The number of ether oxygens (including phenoxy) is 2. The van der Waals surface area contributed by atoms with E-state index in [0.29, 0.717) is 23.2 Å². The van der Waals surface area contributed by atoms with Gasteiger partial charge in [0.25, 0.3) is 0 Å². The number of hydrogen-bond donors (Lipinski definition) is 2. The number of nitrogens with one attached hydrogen (secondary N) is 2. The lowest BCUT2D eigenvalue weighted by molar-refractivity contribution is -0.125. The molecule has 0 saturated carbocycles. The summed E-state index contributed by atoms with van der Waals surface area (Å²) in [6.45, 7) is 5.66. The maximum Gasteiger partial charge on any atom is 0.240 e. The zero-order valence-electron chi connectivity index (χ0n) is 18.4. The number of carbonyl (C=O) groups excluding carboxylic acids is 2. The molecule has 31 heavy (non-hydrogen) atoms. The van der Waals surface area contributed by atoms with Crippen molar-refractivity contribution in [2.75, 3.05) is 39.2 Å². The molecule has 8 nitrogen and oxygen atoms in total. The fraction of sp³-hybridized carbons (Fsp3) is 0.500. The number of thiazole rings is 1. The van der Waals surface area contributed by atoms with Crippen molar-refractivity contribution in [3.63, 3.8) is 0 Å². The number of anilines is 1. The Morgan fingerprint density at radius 1 is 1.23 bits per heavy atom. The molecule has 1 aromatic heterocycles. The first-order chi connectivity index (χ1) is 14.9. The molecule has 1 fully saturated rings. The number of aromatic nitrogens is 1. The monoisotopic (exact) mass is 446 g/mol. The van der Waals surface area contributed by atoms with E-state index in [9.17, 15) is 9.59 Å². The van der Waals surface area contributed by atoms with E-state index < -0.39 is 0 Å². The minimum atomic E-state index is -0.0905. The topological polar surface area (TPSA) is 92.8 Å². The second-order valence-electron chi connectivity index (χ2n) is 7.87. The predicted octanol–water partition coefficient (Wildman–Crippen LogP) is 3.00. The van der Waals surface area contributed by atoms with Crippen molar-refractivity contribution >= 4 is 28.3 Å². The van der Waals surface area contributed by atoms with Crippen LogP contribution in [0.4, 0.5) is 5.13 Å². The molecular weight excluding hydrogens is 416 g/mol. The highest BCUT2D eigenvalue weighted by atomic mass is 32.1. The van der Waals surface area contributed by atoms with Crippen LogP contribution in [0.2, 0.25) is 0 Å². The number of methoxy groups -OCH3 is 2. The van der Waals surface area contributed by atoms with Gasteiger partial charge >= 0.3 is 0 Å². The highest BCUT2D eigenvalue weighted by Crippen LogP contribution is 2.34. The van der Waals surface area contributed by atoms with Crippen LogP contribution in [0.5, 0.6) is 11.5 Å². The molecule has 0 spiro atoms. The van der Waals surface area contributed by atoms with Crippen molar-refractivity contribution in [2.24, 2.45) is 5.92 Å². The molecule has 2 aromatic rings. The molecule has 1 aromatic carbocycles. The number of hydrogen-bond acceptors (Lipinski definition) is 7. The molecule has 9 heteroatoms. The van der Waals surface area contributed by atoms with E-state index in [1.807, 2.05) is 31.4 Å². The van der Waals surface area contributed by atoms with Gasteiger partial charge in [-0.3, -0.25) is 14.5 Å². The van der Waals surface area contributed by atoms with Crippen molar-refractivity contribution in [3.05, 3.63) is 23.6 Å². The van der Waals surface area contributed by atoms with Gasteiger partial charge in [0.1, 0.15) is 11.5 Å². The molecule has 0 radical (unpaired) electrons. The lowest BCUT2D eigenvalue weighted by atomic mass is 10.0. The van der Waals surface area contributed by atoms with Gasteiger partial charge in [-0.2, -0.15) is 0 Å². The zero-order chi connectivity index (χ0) is 22.4. The normalized spacial score (nSPS) is 15.0. The lowest BCUT2D eigenvalue weighted by Crippen LogP contribution is -2.47. The van der Waals surface area contributed by atoms with Crippen LogP contribution in [-0.2, 0) is 9.59 Å². The van der Waals surface area contributed by atoms with Gasteiger partial charge < -0.3 is 20.1 Å². The van der Waals surface area contributed by atoms with Gasteiger partial charge in [-0.1, -0.05) is 13.8 Å². The summed E-state index contributed by atoms with van der Waals surface area (Å²) in [5.74, 6) is 1.35. The molecule has 1 aliphatic rings. The Morgan fingerprint density at radius 2 is 1.97 bits per heavy atom. The van der Waals surface area contributed by atoms with E-state index in [-0.39, 0.29) is 23.8 Å². The van der Waals surface area contributed by atoms with Crippen molar-refractivity contribution in [1.82, 2.24) is 15.2 Å². The van der Waals surface area contributed by atoms with Gasteiger partial charge in [0, 0.05) is 42.1 Å².